The highest BCUT2D eigenvalue weighted by Crippen LogP contribution is 2.22. The van der Waals surface area contributed by atoms with Crippen LogP contribution in [0.1, 0.15) is 25.3 Å². The fraction of sp³-hybridized carbons (Fsp3) is 0.538. The number of aliphatic hydroxyl groups is 1. The molecule has 1 aliphatic carbocycles. The average molecular weight is 241 g/mol. The lowest BCUT2D eigenvalue weighted by Crippen LogP contribution is -2.41. The van der Waals surface area contributed by atoms with Crippen LogP contribution in [0.15, 0.2) is 18.2 Å². The fourth-order valence-corrected chi connectivity index (χ4v) is 1.80. The maximum atomic E-state index is 13.4. The second-order valence-electron chi connectivity index (χ2n) is 5.03. The number of halogens is 2. The summed E-state index contributed by atoms with van der Waals surface area (Å²) in [7, 11) is 0. The van der Waals surface area contributed by atoms with Crippen LogP contribution in [-0.2, 0) is 6.42 Å². The van der Waals surface area contributed by atoms with Crippen molar-refractivity contribution in [1.82, 2.24) is 5.32 Å². The molecule has 1 aromatic rings. The summed E-state index contributed by atoms with van der Waals surface area (Å²) in [6.07, 6.45) is 2.21. The minimum Gasteiger partial charge on any atom is -0.389 e. The molecular weight excluding hydrogens is 224 g/mol. The van der Waals surface area contributed by atoms with Crippen molar-refractivity contribution < 1.29 is 13.9 Å². The topological polar surface area (TPSA) is 32.3 Å². The van der Waals surface area contributed by atoms with E-state index in [1.54, 1.807) is 6.92 Å². The van der Waals surface area contributed by atoms with Crippen LogP contribution in [0.25, 0.3) is 0 Å². The molecule has 0 amide bonds. The maximum Gasteiger partial charge on any atom is 0.129 e. The quantitative estimate of drug-likeness (QED) is 0.826. The third-order valence-corrected chi connectivity index (χ3v) is 2.97. The van der Waals surface area contributed by atoms with E-state index < -0.39 is 17.2 Å². The molecule has 2 N–H and O–H groups in total. The predicted molar refractivity (Wildman–Crippen MR) is 61.7 cm³/mol. The minimum absolute atomic E-state index is 0.0226. The van der Waals surface area contributed by atoms with Gasteiger partial charge in [0, 0.05) is 24.6 Å². The van der Waals surface area contributed by atoms with E-state index in [4.69, 9.17) is 0 Å². The van der Waals surface area contributed by atoms with Gasteiger partial charge in [0.1, 0.15) is 11.6 Å². The summed E-state index contributed by atoms with van der Waals surface area (Å²) in [5, 5.41) is 13.3. The molecule has 0 bridgehead atoms. The van der Waals surface area contributed by atoms with E-state index in [-0.39, 0.29) is 12.0 Å². The van der Waals surface area contributed by atoms with Crippen LogP contribution < -0.4 is 5.32 Å². The number of hydrogen-bond acceptors (Lipinski definition) is 2. The molecule has 1 fully saturated rings. The number of rotatable bonds is 5. The highest BCUT2D eigenvalue weighted by atomic mass is 19.1. The van der Waals surface area contributed by atoms with Gasteiger partial charge in [-0.2, -0.15) is 0 Å². The monoisotopic (exact) mass is 241 g/mol. The van der Waals surface area contributed by atoms with Crippen LogP contribution in [0, 0.1) is 11.6 Å². The van der Waals surface area contributed by atoms with Crippen molar-refractivity contribution in [3.63, 3.8) is 0 Å². The Hall–Kier alpha value is -1.00. The summed E-state index contributed by atoms with van der Waals surface area (Å²) in [5.41, 5.74) is -1.18. The summed E-state index contributed by atoms with van der Waals surface area (Å²) < 4.78 is 26.8. The first kappa shape index (κ1) is 12.5. The third kappa shape index (κ3) is 3.48. The molecule has 4 heteroatoms. The highest BCUT2D eigenvalue weighted by molar-refractivity contribution is 5.21. The molecule has 0 spiro atoms. The standard InChI is InChI=1S/C13H17F2NO/c1-13(17,8-16-9-5-6-9)7-10-11(14)3-2-4-12(10)15/h2-4,9,16-17H,5-8H2,1H3. The molecule has 0 radical (unpaired) electrons. The first-order chi connectivity index (χ1) is 7.98. The van der Waals surface area contributed by atoms with Crippen LogP contribution in [-0.4, -0.2) is 23.3 Å². The highest BCUT2D eigenvalue weighted by Gasteiger charge is 2.28. The average Bonchev–Trinajstić information content (AvgIpc) is 3.05. The molecule has 0 saturated heterocycles. The second kappa shape index (κ2) is 4.70. The van der Waals surface area contributed by atoms with Gasteiger partial charge in [0.25, 0.3) is 0 Å². The zero-order valence-electron chi connectivity index (χ0n) is 9.84. The first-order valence-electron chi connectivity index (χ1n) is 5.86. The van der Waals surface area contributed by atoms with Crippen molar-refractivity contribution in [2.75, 3.05) is 6.54 Å². The lowest BCUT2D eigenvalue weighted by atomic mass is 9.95. The molecule has 1 aromatic carbocycles. The lowest BCUT2D eigenvalue weighted by Gasteiger charge is -2.24. The lowest BCUT2D eigenvalue weighted by molar-refractivity contribution is 0.0579. The van der Waals surface area contributed by atoms with E-state index in [0.29, 0.717) is 12.6 Å². The predicted octanol–water partition coefficient (Wildman–Crippen LogP) is 2.01. The van der Waals surface area contributed by atoms with Crippen LogP contribution in [0.3, 0.4) is 0 Å². The Labute approximate surface area is 99.7 Å². The Morgan fingerprint density at radius 2 is 1.94 bits per heavy atom. The number of hydrogen-bond donors (Lipinski definition) is 2. The van der Waals surface area contributed by atoms with Crippen molar-refractivity contribution in [2.45, 2.75) is 37.8 Å². The smallest absolute Gasteiger partial charge is 0.129 e. The van der Waals surface area contributed by atoms with Gasteiger partial charge in [-0.1, -0.05) is 6.07 Å². The molecule has 1 saturated carbocycles. The van der Waals surface area contributed by atoms with Gasteiger partial charge < -0.3 is 10.4 Å². The van der Waals surface area contributed by atoms with Crippen molar-refractivity contribution >= 4 is 0 Å². The largest absolute Gasteiger partial charge is 0.389 e. The Bertz CT molecular complexity index is 382. The summed E-state index contributed by atoms with van der Waals surface area (Å²) in [4.78, 5) is 0. The van der Waals surface area contributed by atoms with Gasteiger partial charge in [-0.25, -0.2) is 8.78 Å². The van der Waals surface area contributed by atoms with Gasteiger partial charge in [0.05, 0.1) is 5.60 Å². The summed E-state index contributed by atoms with van der Waals surface area (Å²) in [6, 6.07) is 4.21. The third-order valence-electron chi connectivity index (χ3n) is 2.97. The SMILES string of the molecule is CC(O)(CNC1CC1)Cc1c(F)cccc1F. The van der Waals surface area contributed by atoms with Crippen LogP contribution in [0.2, 0.25) is 0 Å². The number of benzene rings is 1. The van der Waals surface area contributed by atoms with E-state index >= 15 is 0 Å². The van der Waals surface area contributed by atoms with Gasteiger partial charge >= 0.3 is 0 Å². The van der Waals surface area contributed by atoms with E-state index in [1.807, 2.05) is 0 Å². The summed E-state index contributed by atoms with van der Waals surface area (Å²) in [5.74, 6) is -1.20. The molecule has 0 aromatic heterocycles. The molecule has 17 heavy (non-hydrogen) atoms. The van der Waals surface area contributed by atoms with E-state index in [1.165, 1.54) is 18.2 Å². The zero-order chi connectivity index (χ0) is 12.5. The fourth-order valence-electron chi connectivity index (χ4n) is 1.80. The minimum atomic E-state index is -1.13. The molecule has 94 valence electrons. The van der Waals surface area contributed by atoms with Crippen LogP contribution in [0.5, 0.6) is 0 Å². The van der Waals surface area contributed by atoms with Crippen molar-refractivity contribution in [1.29, 1.82) is 0 Å². The molecule has 2 rings (SSSR count). The van der Waals surface area contributed by atoms with Gasteiger partial charge in [-0.3, -0.25) is 0 Å². The molecule has 1 unspecified atom stereocenters. The first-order valence-corrected chi connectivity index (χ1v) is 5.86. The van der Waals surface area contributed by atoms with E-state index in [2.05, 4.69) is 5.32 Å². The van der Waals surface area contributed by atoms with Gasteiger partial charge in [-0.15, -0.1) is 0 Å². The molecule has 2 nitrogen and oxygen atoms in total. The van der Waals surface area contributed by atoms with Crippen LogP contribution in [0.4, 0.5) is 8.78 Å². The van der Waals surface area contributed by atoms with Crippen molar-refractivity contribution in [2.24, 2.45) is 0 Å². The number of nitrogens with one attached hydrogen (secondary N) is 1. The molecular formula is C13H17F2NO. The molecule has 1 aliphatic rings. The maximum absolute atomic E-state index is 13.4. The van der Waals surface area contributed by atoms with Gasteiger partial charge in [0.15, 0.2) is 0 Å². The molecule has 0 heterocycles. The zero-order valence-corrected chi connectivity index (χ0v) is 9.84. The summed E-state index contributed by atoms with van der Waals surface area (Å²) >= 11 is 0. The summed E-state index contributed by atoms with van der Waals surface area (Å²) in [6.45, 7) is 1.94. The van der Waals surface area contributed by atoms with Gasteiger partial charge in [0.2, 0.25) is 0 Å². The van der Waals surface area contributed by atoms with E-state index in [0.717, 1.165) is 12.8 Å². The van der Waals surface area contributed by atoms with Crippen molar-refractivity contribution in [3.8, 4) is 0 Å². The van der Waals surface area contributed by atoms with E-state index in [9.17, 15) is 13.9 Å². The molecule has 1 atom stereocenters. The Balaban J connectivity index is 2.02. The Morgan fingerprint density at radius 3 is 2.47 bits per heavy atom. The molecule has 0 aliphatic heterocycles. The second-order valence-corrected chi connectivity index (χ2v) is 5.03. The normalized spacial score (nSPS) is 19.1. The van der Waals surface area contributed by atoms with Gasteiger partial charge in [-0.05, 0) is 31.9 Å². The Kier molecular flexibility index (Phi) is 3.45. The van der Waals surface area contributed by atoms with Crippen LogP contribution >= 0.6 is 0 Å². The Morgan fingerprint density at radius 1 is 1.35 bits per heavy atom. The van der Waals surface area contributed by atoms with Crippen molar-refractivity contribution in [3.05, 3.63) is 35.4 Å².